The van der Waals surface area contributed by atoms with E-state index in [1.54, 1.807) is 0 Å². The molecule has 0 atom stereocenters. The Morgan fingerprint density at radius 3 is 2.32 bits per heavy atom. The molecule has 25 heavy (non-hydrogen) atoms. The Morgan fingerprint density at radius 1 is 0.840 bits per heavy atom. The van der Waals surface area contributed by atoms with Gasteiger partial charge in [0.25, 0.3) is 0 Å². The molecule has 0 aliphatic heterocycles. The van der Waals surface area contributed by atoms with Crippen LogP contribution >= 0.6 is 0 Å². The van der Waals surface area contributed by atoms with Crippen LogP contribution < -0.4 is 0 Å². The van der Waals surface area contributed by atoms with Crippen molar-refractivity contribution in [2.45, 2.75) is 26.3 Å². The maximum atomic E-state index is 4.91. The van der Waals surface area contributed by atoms with Gasteiger partial charge in [0, 0.05) is 12.1 Å². The Labute approximate surface area is 148 Å². The molecular formula is C23H22N2. The number of hydrogen-bond donors (Lipinski definition) is 0. The number of hydrogen-bond acceptors (Lipinski definition) is 1. The summed E-state index contributed by atoms with van der Waals surface area (Å²) >= 11 is 0. The molecular weight excluding hydrogens is 304 g/mol. The van der Waals surface area contributed by atoms with Gasteiger partial charge in [0.05, 0.1) is 11.0 Å². The number of aromatic nitrogens is 2. The molecule has 0 N–H and O–H groups in total. The highest BCUT2D eigenvalue weighted by Gasteiger charge is 2.12. The molecule has 2 nitrogen and oxygen atoms in total. The molecule has 0 amide bonds. The second-order valence-electron chi connectivity index (χ2n) is 6.53. The van der Waals surface area contributed by atoms with E-state index < -0.39 is 0 Å². The summed E-state index contributed by atoms with van der Waals surface area (Å²) in [5, 5.41) is 0. The summed E-state index contributed by atoms with van der Waals surface area (Å²) in [6.45, 7) is 3.11. The van der Waals surface area contributed by atoms with Crippen molar-refractivity contribution < 1.29 is 0 Å². The SMILES string of the molecule is Cc1ccc2nc(-c3ccccc3)n(CCCc3ccccc3)c2c1. The Kier molecular flexibility index (Phi) is 4.34. The van der Waals surface area contributed by atoms with Gasteiger partial charge in [-0.15, -0.1) is 0 Å². The molecule has 0 unspecified atom stereocenters. The Morgan fingerprint density at radius 2 is 1.56 bits per heavy atom. The lowest BCUT2D eigenvalue weighted by Gasteiger charge is -2.10. The third kappa shape index (κ3) is 3.34. The lowest BCUT2D eigenvalue weighted by Crippen LogP contribution is -2.02. The monoisotopic (exact) mass is 326 g/mol. The average molecular weight is 326 g/mol. The number of imidazole rings is 1. The highest BCUT2D eigenvalue weighted by Crippen LogP contribution is 2.26. The molecule has 0 aliphatic carbocycles. The van der Waals surface area contributed by atoms with Gasteiger partial charge in [-0.05, 0) is 43.0 Å². The van der Waals surface area contributed by atoms with Crippen LogP contribution in [0.15, 0.2) is 78.9 Å². The molecule has 0 saturated carbocycles. The van der Waals surface area contributed by atoms with Crippen LogP contribution in [0.3, 0.4) is 0 Å². The van der Waals surface area contributed by atoms with Crippen molar-refractivity contribution in [1.29, 1.82) is 0 Å². The number of benzene rings is 3. The van der Waals surface area contributed by atoms with E-state index in [0.29, 0.717) is 0 Å². The van der Waals surface area contributed by atoms with Gasteiger partial charge in [-0.2, -0.15) is 0 Å². The molecule has 0 radical (unpaired) electrons. The zero-order valence-electron chi connectivity index (χ0n) is 14.5. The van der Waals surface area contributed by atoms with Gasteiger partial charge in [0.2, 0.25) is 0 Å². The van der Waals surface area contributed by atoms with Gasteiger partial charge in [-0.3, -0.25) is 0 Å². The van der Waals surface area contributed by atoms with Gasteiger partial charge in [-0.1, -0.05) is 66.7 Å². The molecule has 0 bridgehead atoms. The zero-order valence-corrected chi connectivity index (χ0v) is 14.5. The molecule has 4 rings (SSSR count). The van der Waals surface area contributed by atoms with Crippen LogP contribution in [-0.2, 0) is 13.0 Å². The summed E-state index contributed by atoms with van der Waals surface area (Å²) < 4.78 is 2.38. The first-order valence-corrected chi connectivity index (χ1v) is 8.87. The molecule has 124 valence electrons. The van der Waals surface area contributed by atoms with Gasteiger partial charge < -0.3 is 4.57 Å². The first-order valence-electron chi connectivity index (χ1n) is 8.87. The fourth-order valence-corrected chi connectivity index (χ4v) is 3.35. The topological polar surface area (TPSA) is 17.8 Å². The van der Waals surface area contributed by atoms with Crippen molar-refractivity contribution in [3.05, 3.63) is 90.0 Å². The maximum absolute atomic E-state index is 4.91. The van der Waals surface area contributed by atoms with Crippen LogP contribution in [0.4, 0.5) is 0 Å². The fraction of sp³-hybridized carbons (Fsp3) is 0.174. The highest BCUT2D eigenvalue weighted by atomic mass is 15.1. The van der Waals surface area contributed by atoms with E-state index in [2.05, 4.69) is 90.4 Å². The Bertz CT molecular complexity index is 969. The predicted molar refractivity (Wildman–Crippen MR) is 105 cm³/mol. The van der Waals surface area contributed by atoms with Gasteiger partial charge in [-0.25, -0.2) is 4.98 Å². The summed E-state index contributed by atoms with van der Waals surface area (Å²) in [5.41, 5.74) is 6.15. The quantitative estimate of drug-likeness (QED) is 0.464. The van der Waals surface area contributed by atoms with Crippen LogP contribution in [-0.4, -0.2) is 9.55 Å². The van der Waals surface area contributed by atoms with Crippen molar-refractivity contribution in [3.63, 3.8) is 0 Å². The normalized spacial score (nSPS) is 11.1. The lowest BCUT2D eigenvalue weighted by molar-refractivity contribution is 0.663. The number of fused-ring (bicyclic) bond motifs is 1. The summed E-state index contributed by atoms with van der Waals surface area (Å²) in [6.07, 6.45) is 2.18. The Hall–Kier alpha value is -2.87. The molecule has 0 saturated heterocycles. The molecule has 0 spiro atoms. The number of aryl methyl sites for hydroxylation is 3. The van der Waals surface area contributed by atoms with Crippen molar-refractivity contribution in [2.24, 2.45) is 0 Å². The molecule has 0 fully saturated rings. The maximum Gasteiger partial charge on any atom is 0.141 e. The highest BCUT2D eigenvalue weighted by molar-refractivity contribution is 5.81. The van der Waals surface area contributed by atoms with E-state index in [0.717, 1.165) is 30.7 Å². The van der Waals surface area contributed by atoms with Crippen molar-refractivity contribution >= 4 is 11.0 Å². The fourth-order valence-electron chi connectivity index (χ4n) is 3.35. The summed E-state index contributed by atoms with van der Waals surface area (Å²) in [4.78, 5) is 4.91. The lowest BCUT2D eigenvalue weighted by atomic mass is 10.1. The zero-order chi connectivity index (χ0) is 17.1. The first kappa shape index (κ1) is 15.6. The molecule has 4 aromatic rings. The largest absolute Gasteiger partial charge is 0.324 e. The van der Waals surface area contributed by atoms with Crippen LogP contribution in [0.25, 0.3) is 22.4 Å². The van der Waals surface area contributed by atoms with Crippen LogP contribution in [0, 0.1) is 6.92 Å². The number of rotatable bonds is 5. The third-order valence-electron chi connectivity index (χ3n) is 4.63. The van der Waals surface area contributed by atoms with E-state index >= 15 is 0 Å². The molecule has 1 heterocycles. The minimum absolute atomic E-state index is 0.971. The Balaban J connectivity index is 1.68. The average Bonchev–Trinajstić information content (AvgIpc) is 3.01. The standard InChI is InChI=1S/C23H22N2/c1-18-14-15-21-22(17-18)25(16-8-11-19-9-4-2-5-10-19)23(24-21)20-12-6-3-7-13-20/h2-7,9-10,12-15,17H,8,11,16H2,1H3. The van der Waals surface area contributed by atoms with E-state index in [-0.39, 0.29) is 0 Å². The van der Waals surface area contributed by atoms with E-state index in [9.17, 15) is 0 Å². The molecule has 1 aromatic heterocycles. The van der Waals surface area contributed by atoms with Crippen LogP contribution in [0.1, 0.15) is 17.5 Å². The van der Waals surface area contributed by atoms with Crippen molar-refractivity contribution in [3.8, 4) is 11.4 Å². The van der Waals surface area contributed by atoms with E-state index in [1.165, 1.54) is 22.2 Å². The van der Waals surface area contributed by atoms with E-state index in [4.69, 9.17) is 4.98 Å². The molecule has 0 aliphatic rings. The summed E-state index contributed by atoms with van der Waals surface area (Å²) in [5.74, 6) is 1.06. The minimum Gasteiger partial charge on any atom is -0.324 e. The predicted octanol–water partition coefficient (Wildman–Crippen LogP) is 5.64. The van der Waals surface area contributed by atoms with Crippen LogP contribution in [0.5, 0.6) is 0 Å². The minimum atomic E-state index is 0.971. The van der Waals surface area contributed by atoms with Gasteiger partial charge in [0.15, 0.2) is 0 Å². The van der Waals surface area contributed by atoms with Gasteiger partial charge >= 0.3 is 0 Å². The van der Waals surface area contributed by atoms with Crippen LogP contribution in [0.2, 0.25) is 0 Å². The van der Waals surface area contributed by atoms with Crippen molar-refractivity contribution in [1.82, 2.24) is 9.55 Å². The molecule has 2 heteroatoms. The van der Waals surface area contributed by atoms with Crippen molar-refractivity contribution in [2.75, 3.05) is 0 Å². The second kappa shape index (κ2) is 6.94. The molecule has 3 aromatic carbocycles. The first-order chi connectivity index (χ1) is 12.3. The summed E-state index contributed by atoms with van der Waals surface area (Å²) in [7, 11) is 0. The smallest absolute Gasteiger partial charge is 0.141 e. The second-order valence-corrected chi connectivity index (χ2v) is 6.53. The summed E-state index contributed by atoms with van der Waals surface area (Å²) in [6, 6.07) is 27.7. The van der Waals surface area contributed by atoms with E-state index in [1.807, 2.05) is 0 Å². The third-order valence-corrected chi connectivity index (χ3v) is 4.63. The van der Waals surface area contributed by atoms with Gasteiger partial charge in [0.1, 0.15) is 5.82 Å². The number of nitrogens with zero attached hydrogens (tertiary/aromatic N) is 2.